The third-order valence-corrected chi connectivity index (χ3v) is 4.63. The highest BCUT2D eigenvalue weighted by atomic mass is 32.1. The number of aromatic nitrogens is 1. The van der Waals surface area contributed by atoms with Gasteiger partial charge in [-0.1, -0.05) is 0 Å². The van der Waals surface area contributed by atoms with Crippen molar-refractivity contribution in [1.82, 2.24) is 0 Å². The number of fused-ring (bicyclic) bond motifs is 2. The van der Waals surface area contributed by atoms with Crippen molar-refractivity contribution in [2.24, 2.45) is 17.2 Å². The maximum absolute atomic E-state index is 7.14. The van der Waals surface area contributed by atoms with Crippen LogP contribution in [-0.4, -0.2) is 7.05 Å². The van der Waals surface area contributed by atoms with Gasteiger partial charge in [0.15, 0.2) is 0 Å². The van der Waals surface area contributed by atoms with Crippen LogP contribution in [0.4, 0.5) is 5.69 Å². The van der Waals surface area contributed by atoms with Gasteiger partial charge in [0.1, 0.15) is 16.6 Å². The van der Waals surface area contributed by atoms with Crippen LogP contribution in [0.25, 0.3) is 20.8 Å². The Labute approximate surface area is 120 Å². The molecule has 1 N–H and O–H groups in total. The molecule has 2 aliphatic rings. The van der Waals surface area contributed by atoms with E-state index >= 15 is 0 Å². The molecule has 0 aromatic heterocycles. The Balaban J connectivity index is 2.48. The fourth-order valence-corrected chi connectivity index (χ4v) is 3.62. The van der Waals surface area contributed by atoms with Crippen molar-refractivity contribution < 1.29 is 4.57 Å². The van der Waals surface area contributed by atoms with E-state index in [2.05, 4.69) is 40.8 Å². The molecule has 0 fully saturated rings. The van der Waals surface area contributed by atoms with E-state index in [1.165, 1.54) is 16.1 Å². The molecule has 1 aromatic carbocycles. The number of hydrogen-bond acceptors (Lipinski definition) is 4. The van der Waals surface area contributed by atoms with Crippen LogP contribution in [0.2, 0.25) is 0 Å². The summed E-state index contributed by atoms with van der Waals surface area (Å²) in [7, 11) is 3.88. The average Bonchev–Trinajstić information content (AvgIpc) is 2.47. The molecular formula is C15H15N4S+. The molecule has 20 heavy (non-hydrogen) atoms. The lowest BCUT2D eigenvalue weighted by atomic mass is 10.1. The molecule has 0 unspecified atom stereocenters. The molecule has 1 aliphatic carbocycles. The molecule has 4 nitrogen and oxygen atoms in total. The number of rotatable bonds is 1. The number of benzene rings is 2. The van der Waals surface area contributed by atoms with Gasteiger partial charge in [0.25, 0.3) is 0 Å². The summed E-state index contributed by atoms with van der Waals surface area (Å²) >= 11 is 1.71. The number of nitrogens with zero attached hydrogens (tertiary/aromatic N) is 3. The van der Waals surface area contributed by atoms with E-state index in [4.69, 9.17) is 5.53 Å². The lowest BCUT2D eigenvalue weighted by Gasteiger charge is -2.07. The second-order valence-corrected chi connectivity index (χ2v) is 5.84. The van der Waals surface area contributed by atoms with Gasteiger partial charge < -0.3 is 0 Å². The fraction of sp³-hybridized carbons (Fsp3) is 0.200. The standard InChI is InChI=1S/C15H15N4S/c1-9-6-13-15(8-11(9)17-2)20-14-7-10(18-16)4-5-12(14)19(13)3/h4-8,16H,1-3H3/q+1. The second kappa shape index (κ2) is 4.76. The zero-order chi connectivity index (χ0) is 14.3. The Hall–Kier alpha value is -2.14. The van der Waals surface area contributed by atoms with Gasteiger partial charge in [-0.3, -0.25) is 4.99 Å². The van der Waals surface area contributed by atoms with E-state index in [9.17, 15) is 0 Å². The minimum atomic E-state index is 0.681. The molecule has 1 heterocycles. The van der Waals surface area contributed by atoms with Gasteiger partial charge in [-0.2, -0.15) is 9.68 Å². The summed E-state index contributed by atoms with van der Waals surface area (Å²) in [6.45, 7) is 2.08. The van der Waals surface area contributed by atoms with Crippen molar-refractivity contribution in [1.29, 1.82) is 5.53 Å². The molecule has 0 spiro atoms. The first-order valence-corrected chi connectivity index (χ1v) is 7.13. The number of aryl methyl sites for hydroxylation is 2. The normalized spacial score (nSPS) is 12.2. The maximum Gasteiger partial charge on any atom is 0.223 e. The molecule has 5 heteroatoms. The molecule has 0 amide bonds. The Morgan fingerprint density at radius 3 is 2.70 bits per heavy atom. The van der Waals surface area contributed by atoms with Crippen LogP contribution in [0, 0.1) is 12.5 Å². The van der Waals surface area contributed by atoms with Crippen LogP contribution in [0.5, 0.6) is 0 Å². The van der Waals surface area contributed by atoms with E-state index in [0.29, 0.717) is 5.69 Å². The molecule has 1 aromatic rings. The van der Waals surface area contributed by atoms with Crippen LogP contribution in [-0.2, 0) is 7.05 Å². The molecule has 0 atom stereocenters. The van der Waals surface area contributed by atoms with E-state index in [-0.39, 0.29) is 0 Å². The van der Waals surface area contributed by atoms with Gasteiger partial charge in [-0.15, -0.1) is 11.3 Å². The van der Waals surface area contributed by atoms with Crippen molar-refractivity contribution in [2.75, 3.05) is 7.05 Å². The first-order valence-electron chi connectivity index (χ1n) is 6.31. The summed E-state index contributed by atoms with van der Waals surface area (Å²) in [6, 6.07) is 10.1. The molecule has 0 saturated heterocycles. The van der Waals surface area contributed by atoms with E-state index < -0.39 is 0 Å². The smallest absolute Gasteiger partial charge is 0.223 e. The highest BCUT2D eigenvalue weighted by molar-refractivity contribution is 7.21. The Kier molecular flexibility index (Phi) is 3.06. The number of nitrogens with one attached hydrogen (secondary N) is 1. The lowest BCUT2D eigenvalue weighted by Crippen LogP contribution is -2.33. The first-order chi connectivity index (χ1) is 9.63. The van der Waals surface area contributed by atoms with Crippen molar-refractivity contribution in [2.45, 2.75) is 6.92 Å². The highest BCUT2D eigenvalue weighted by Crippen LogP contribution is 2.30. The third kappa shape index (κ3) is 1.91. The van der Waals surface area contributed by atoms with Crippen LogP contribution >= 0.6 is 11.3 Å². The minimum Gasteiger partial charge on any atom is -0.288 e. The zero-order valence-electron chi connectivity index (χ0n) is 11.6. The van der Waals surface area contributed by atoms with Gasteiger partial charge in [-0.05, 0) is 30.7 Å². The summed E-state index contributed by atoms with van der Waals surface area (Å²) in [6.07, 6.45) is 0. The monoisotopic (exact) mass is 283 g/mol. The quantitative estimate of drug-likeness (QED) is 0.404. The lowest BCUT2D eigenvalue weighted by molar-refractivity contribution is -0.633. The summed E-state index contributed by atoms with van der Waals surface area (Å²) in [5.74, 6) is 0. The third-order valence-electron chi connectivity index (χ3n) is 3.53. The van der Waals surface area contributed by atoms with Gasteiger partial charge in [0, 0.05) is 19.2 Å². The van der Waals surface area contributed by atoms with Crippen molar-refractivity contribution in [3.8, 4) is 10.6 Å². The Morgan fingerprint density at radius 1 is 1.20 bits per heavy atom. The molecular weight excluding hydrogens is 268 g/mol. The van der Waals surface area contributed by atoms with E-state index in [1.807, 2.05) is 25.2 Å². The highest BCUT2D eigenvalue weighted by Gasteiger charge is 2.19. The topological polar surface area (TPSA) is 52.5 Å². The molecule has 0 saturated carbocycles. The van der Waals surface area contributed by atoms with E-state index in [0.717, 1.165) is 15.6 Å². The average molecular weight is 283 g/mol. The SMILES string of the molecule is CN=c1cc2sc3cc(N=N)ccc3[n+](C)c-2cc1C. The second-order valence-electron chi connectivity index (χ2n) is 4.75. The van der Waals surface area contributed by atoms with Crippen molar-refractivity contribution >= 4 is 27.2 Å². The van der Waals surface area contributed by atoms with Crippen LogP contribution in [0.1, 0.15) is 5.56 Å². The Morgan fingerprint density at radius 2 is 2.00 bits per heavy atom. The number of hydrogen-bond donors (Lipinski definition) is 1. The predicted octanol–water partition coefficient (Wildman–Crippen LogP) is 3.33. The van der Waals surface area contributed by atoms with Gasteiger partial charge in [-0.25, -0.2) is 5.53 Å². The maximum atomic E-state index is 7.14. The predicted molar refractivity (Wildman–Crippen MR) is 80.7 cm³/mol. The van der Waals surface area contributed by atoms with Crippen LogP contribution in [0.3, 0.4) is 0 Å². The molecule has 3 rings (SSSR count). The van der Waals surface area contributed by atoms with Gasteiger partial charge in [0.05, 0.1) is 11.0 Å². The largest absolute Gasteiger partial charge is 0.288 e. The summed E-state index contributed by atoms with van der Waals surface area (Å²) in [5, 5.41) is 4.53. The zero-order valence-corrected chi connectivity index (χ0v) is 12.5. The van der Waals surface area contributed by atoms with Gasteiger partial charge >= 0.3 is 0 Å². The first kappa shape index (κ1) is 12.9. The van der Waals surface area contributed by atoms with Crippen molar-refractivity contribution in [3.05, 3.63) is 41.3 Å². The molecule has 100 valence electrons. The Bertz CT molecular complexity index is 864. The summed E-state index contributed by atoms with van der Waals surface area (Å²) in [4.78, 5) is 5.50. The summed E-state index contributed by atoms with van der Waals surface area (Å²) in [5.41, 5.74) is 11.3. The van der Waals surface area contributed by atoms with Crippen LogP contribution in [0.15, 0.2) is 40.4 Å². The molecule has 0 radical (unpaired) electrons. The minimum absolute atomic E-state index is 0.681. The fourth-order valence-electron chi connectivity index (χ4n) is 2.43. The van der Waals surface area contributed by atoms with Crippen LogP contribution < -0.4 is 9.92 Å². The van der Waals surface area contributed by atoms with Gasteiger partial charge in [0.2, 0.25) is 11.2 Å². The molecule has 0 bridgehead atoms. The van der Waals surface area contributed by atoms with E-state index in [1.54, 1.807) is 11.3 Å². The molecule has 1 aliphatic heterocycles. The van der Waals surface area contributed by atoms with Crippen molar-refractivity contribution in [3.63, 3.8) is 0 Å². The summed E-state index contributed by atoms with van der Waals surface area (Å²) < 4.78 is 3.31.